The number of carboxylic acids is 1. The zero-order chi connectivity index (χ0) is 21.6. The van der Waals surface area contributed by atoms with Gasteiger partial charge in [-0.2, -0.15) is 13.2 Å². The number of rotatable bonds is 5. The van der Waals surface area contributed by atoms with Crippen LogP contribution in [0.3, 0.4) is 0 Å². The molecule has 2 fully saturated rings. The van der Waals surface area contributed by atoms with Crippen molar-refractivity contribution in [1.82, 2.24) is 9.80 Å². The second-order valence-electron chi connectivity index (χ2n) is 7.02. The lowest BCUT2D eigenvalue weighted by atomic mass is 10.1. The summed E-state index contributed by atoms with van der Waals surface area (Å²) in [5, 5.41) is 7.12. The van der Waals surface area contributed by atoms with E-state index in [0.717, 1.165) is 25.9 Å². The lowest BCUT2D eigenvalue weighted by Crippen LogP contribution is -2.51. The lowest BCUT2D eigenvalue weighted by molar-refractivity contribution is -0.192. The first kappa shape index (κ1) is 23.2. The van der Waals surface area contributed by atoms with Crippen molar-refractivity contribution >= 4 is 11.9 Å². The first-order valence-corrected chi connectivity index (χ1v) is 9.08. The van der Waals surface area contributed by atoms with Gasteiger partial charge in [-0.1, -0.05) is 0 Å². The third-order valence-electron chi connectivity index (χ3n) is 4.78. The molecule has 1 aliphatic heterocycles. The first-order valence-electron chi connectivity index (χ1n) is 9.08. The summed E-state index contributed by atoms with van der Waals surface area (Å²) in [6.45, 7) is 2.65. The third-order valence-corrected chi connectivity index (χ3v) is 4.78. The van der Waals surface area contributed by atoms with Crippen molar-refractivity contribution in [2.45, 2.75) is 43.8 Å². The molecule has 0 aromatic carbocycles. The summed E-state index contributed by atoms with van der Waals surface area (Å²) >= 11 is 0. The zero-order valence-corrected chi connectivity index (χ0v) is 16.2. The van der Waals surface area contributed by atoms with E-state index in [2.05, 4.69) is 4.90 Å². The average Bonchev–Trinajstić information content (AvgIpc) is 3.29. The molecule has 29 heavy (non-hydrogen) atoms. The van der Waals surface area contributed by atoms with Gasteiger partial charge >= 0.3 is 12.1 Å². The number of halogens is 3. The molecule has 2 aliphatic rings. The van der Waals surface area contributed by atoms with Gasteiger partial charge in [-0.25, -0.2) is 4.79 Å². The van der Waals surface area contributed by atoms with E-state index in [9.17, 15) is 18.0 Å². The number of carbonyl (C=O) groups is 2. The van der Waals surface area contributed by atoms with Crippen molar-refractivity contribution in [2.75, 3.05) is 33.9 Å². The molecule has 11 heteroatoms. The van der Waals surface area contributed by atoms with E-state index >= 15 is 0 Å². The van der Waals surface area contributed by atoms with E-state index in [1.807, 2.05) is 6.07 Å². The van der Waals surface area contributed by atoms with Gasteiger partial charge in [0.1, 0.15) is 6.61 Å². The normalized spacial score (nSPS) is 24.4. The van der Waals surface area contributed by atoms with Crippen molar-refractivity contribution < 1.29 is 41.8 Å². The summed E-state index contributed by atoms with van der Waals surface area (Å²) in [6, 6.07) is 2.37. The molecular formula is C18H25F3N2O6. The number of hydrogen-bond donors (Lipinski definition) is 1. The van der Waals surface area contributed by atoms with Crippen molar-refractivity contribution in [3.8, 4) is 0 Å². The maximum atomic E-state index is 11.7. The van der Waals surface area contributed by atoms with Gasteiger partial charge in [-0.3, -0.25) is 9.69 Å². The van der Waals surface area contributed by atoms with Gasteiger partial charge in [-0.15, -0.1) is 0 Å². The predicted octanol–water partition coefficient (Wildman–Crippen LogP) is 1.75. The van der Waals surface area contributed by atoms with Crippen molar-refractivity contribution in [1.29, 1.82) is 0 Å². The number of likely N-dealkylation sites (N-methyl/N-ethyl adjacent to an activating group) is 1. The molecule has 1 saturated heterocycles. The Morgan fingerprint density at radius 3 is 2.59 bits per heavy atom. The van der Waals surface area contributed by atoms with Gasteiger partial charge in [0.05, 0.1) is 31.3 Å². The molecule has 164 valence electrons. The van der Waals surface area contributed by atoms with Gasteiger partial charge in [0.2, 0.25) is 5.91 Å². The third kappa shape index (κ3) is 6.72. The number of alkyl halides is 3. The average molecular weight is 422 g/mol. The number of carbonyl (C=O) groups excluding carboxylic acids is 1. The maximum absolute atomic E-state index is 11.7. The van der Waals surface area contributed by atoms with Gasteiger partial charge in [0.25, 0.3) is 0 Å². The summed E-state index contributed by atoms with van der Waals surface area (Å²) < 4.78 is 48.6. The largest absolute Gasteiger partial charge is 0.490 e. The molecule has 1 aliphatic carbocycles. The number of amides is 1. The molecule has 3 rings (SSSR count). The van der Waals surface area contributed by atoms with Crippen LogP contribution in [0.1, 0.15) is 18.4 Å². The van der Waals surface area contributed by atoms with Gasteiger partial charge in [0.15, 0.2) is 0 Å². The highest BCUT2D eigenvalue weighted by Crippen LogP contribution is 2.33. The van der Waals surface area contributed by atoms with Crippen LogP contribution in [0.5, 0.6) is 0 Å². The second-order valence-corrected chi connectivity index (χ2v) is 7.02. The Bertz CT molecular complexity index is 665. The minimum Gasteiger partial charge on any atom is -0.475 e. The highest BCUT2D eigenvalue weighted by atomic mass is 19.4. The fourth-order valence-electron chi connectivity index (χ4n) is 3.29. The molecule has 1 saturated carbocycles. The molecule has 0 bridgehead atoms. The number of carboxylic acid groups (broad SMARTS) is 1. The van der Waals surface area contributed by atoms with Crippen LogP contribution in [-0.4, -0.2) is 85.1 Å². The van der Waals surface area contributed by atoms with Crippen LogP contribution >= 0.6 is 0 Å². The Labute approximate surface area is 166 Å². The molecule has 0 spiro atoms. The van der Waals surface area contributed by atoms with E-state index in [1.165, 1.54) is 5.56 Å². The Balaban J connectivity index is 0.000000370. The Morgan fingerprint density at radius 1 is 1.34 bits per heavy atom. The Kier molecular flexibility index (Phi) is 8.05. The zero-order valence-electron chi connectivity index (χ0n) is 16.2. The summed E-state index contributed by atoms with van der Waals surface area (Å²) in [4.78, 5) is 24.6. The maximum Gasteiger partial charge on any atom is 0.490 e. The quantitative estimate of drug-likeness (QED) is 0.773. The highest BCUT2D eigenvalue weighted by Gasteiger charge is 2.43. The van der Waals surface area contributed by atoms with E-state index in [1.54, 1.807) is 31.5 Å². The standard InChI is InChI=1S/C16H24N2O4.C2HF3O2/c1-17(2)15(19)11-22-14-4-3-13-16(14)21-8-6-18(13)9-12-5-7-20-10-12;3-2(4,5)1(6)7/h5,7,10,13-14,16H,3-4,6,8-9,11H2,1-2H3;(H,6,7)/t13-,14+,16+;/m0./s1. The van der Waals surface area contributed by atoms with E-state index in [-0.39, 0.29) is 24.7 Å². The summed E-state index contributed by atoms with van der Waals surface area (Å²) in [5.74, 6) is -2.76. The van der Waals surface area contributed by atoms with Gasteiger partial charge < -0.3 is 23.9 Å². The van der Waals surface area contributed by atoms with Crippen molar-refractivity contribution in [2.24, 2.45) is 0 Å². The molecule has 3 atom stereocenters. The summed E-state index contributed by atoms with van der Waals surface area (Å²) in [5.41, 5.74) is 1.19. The molecule has 1 N–H and O–H groups in total. The molecular weight excluding hydrogens is 397 g/mol. The summed E-state index contributed by atoms with van der Waals surface area (Å²) in [7, 11) is 3.49. The topological polar surface area (TPSA) is 92.5 Å². The number of aliphatic carboxylic acids is 1. The number of nitrogens with zero attached hydrogens (tertiary/aromatic N) is 2. The Morgan fingerprint density at radius 2 is 2.03 bits per heavy atom. The van der Waals surface area contributed by atoms with Crippen molar-refractivity contribution in [3.05, 3.63) is 24.2 Å². The number of ether oxygens (including phenoxy) is 2. The fraction of sp³-hybridized carbons (Fsp3) is 0.667. The smallest absolute Gasteiger partial charge is 0.475 e. The lowest BCUT2D eigenvalue weighted by Gasteiger charge is -2.38. The second kappa shape index (κ2) is 10.1. The number of fused-ring (bicyclic) bond motifs is 1. The molecule has 8 nitrogen and oxygen atoms in total. The van der Waals surface area contributed by atoms with Crippen LogP contribution in [-0.2, 0) is 25.6 Å². The highest BCUT2D eigenvalue weighted by molar-refractivity contribution is 5.76. The van der Waals surface area contributed by atoms with Crippen LogP contribution in [0.25, 0.3) is 0 Å². The predicted molar refractivity (Wildman–Crippen MR) is 94.0 cm³/mol. The molecule has 0 radical (unpaired) electrons. The molecule has 1 aromatic rings. The fourth-order valence-corrected chi connectivity index (χ4v) is 3.29. The van der Waals surface area contributed by atoms with Gasteiger partial charge in [-0.05, 0) is 18.9 Å². The number of furan rings is 1. The van der Waals surface area contributed by atoms with E-state index in [4.69, 9.17) is 23.8 Å². The van der Waals surface area contributed by atoms with Crippen LogP contribution in [0, 0.1) is 0 Å². The van der Waals surface area contributed by atoms with E-state index < -0.39 is 12.1 Å². The van der Waals surface area contributed by atoms with Crippen LogP contribution < -0.4 is 0 Å². The van der Waals surface area contributed by atoms with Gasteiger partial charge in [0, 0.05) is 38.8 Å². The molecule has 1 aromatic heterocycles. The Hall–Kier alpha value is -2.11. The summed E-state index contributed by atoms with van der Waals surface area (Å²) in [6.07, 6.45) is 0.488. The molecule has 2 heterocycles. The number of morpholine rings is 1. The van der Waals surface area contributed by atoms with Crippen LogP contribution in [0.4, 0.5) is 13.2 Å². The minimum absolute atomic E-state index is 0.00508. The monoisotopic (exact) mass is 422 g/mol. The first-order chi connectivity index (χ1) is 13.6. The van der Waals surface area contributed by atoms with Crippen LogP contribution in [0.15, 0.2) is 23.0 Å². The molecule has 0 unspecified atom stereocenters. The minimum atomic E-state index is -5.08. The molecule has 1 amide bonds. The van der Waals surface area contributed by atoms with Crippen molar-refractivity contribution in [3.63, 3.8) is 0 Å². The SMILES string of the molecule is CN(C)C(=O)CO[C@@H]1CC[C@H]2[C@H]1OCCN2Cc1ccoc1.O=C(O)C(F)(F)F. The number of hydrogen-bond acceptors (Lipinski definition) is 6. The van der Waals surface area contributed by atoms with E-state index in [0.29, 0.717) is 12.6 Å². The van der Waals surface area contributed by atoms with Crippen LogP contribution in [0.2, 0.25) is 0 Å².